The second-order valence-electron chi connectivity index (χ2n) is 4.72. The number of benzene rings is 1. The first-order chi connectivity index (χ1) is 10.1. The summed E-state index contributed by atoms with van der Waals surface area (Å²) in [6, 6.07) is 9.79. The topological polar surface area (TPSA) is 55.1 Å². The molecule has 0 atom stereocenters. The van der Waals surface area contributed by atoms with E-state index in [1.54, 1.807) is 6.07 Å². The number of carbonyl (C=O) groups is 1. The molecule has 0 radical (unpaired) electrons. The number of carboxylic acid groups (broad SMARTS) is 1. The number of hydrogen-bond acceptors (Lipinski definition) is 3. The molecule has 0 saturated carbocycles. The zero-order valence-corrected chi connectivity index (χ0v) is 13.7. The van der Waals surface area contributed by atoms with E-state index in [1.165, 1.54) is 11.3 Å². The van der Waals surface area contributed by atoms with Gasteiger partial charge in [0.15, 0.2) is 0 Å². The Balaban J connectivity index is 2.04. The number of rotatable bonds is 4. The van der Waals surface area contributed by atoms with Gasteiger partial charge in [-0.1, -0.05) is 35.0 Å². The van der Waals surface area contributed by atoms with Gasteiger partial charge >= 0.3 is 5.97 Å². The number of thiophene rings is 1. The lowest BCUT2D eigenvalue weighted by atomic mass is 10.2. The fourth-order valence-electron chi connectivity index (χ4n) is 2.26. The lowest BCUT2D eigenvalue weighted by molar-refractivity contribution is 0.0702. The van der Waals surface area contributed by atoms with Crippen molar-refractivity contribution in [2.75, 3.05) is 0 Å². The van der Waals surface area contributed by atoms with Gasteiger partial charge in [0.2, 0.25) is 0 Å². The van der Waals surface area contributed by atoms with Crippen LogP contribution in [0.25, 0.3) is 10.2 Å². The van der Waals surface area contributed by atoms with E-state index in [2.05, 4.69) is 21.0 Å². The molecule has 0 aliphatic carbocycles. The normalized spacial score (nSPS) is 11.1. The van der Waals surface area contributed by atoms with Crippen LogP contribution in [0.15, 0.2) is 34.8 Å². The van der Waals surface area contributed by atoms with Gasteiger partial charge in [0.25, 0.3) is 0 Å². The van der Waals surface area contributed by atoms with Crippen LogP contribution in [0.1, 0.15) is 27.9 Å². The molecule has 0 unspecified atom stereocenters. The number of carboxylic acids is 1. The Kier molecular flexibility index (Phi) is 3.82. The van der Waals surface area contributed by atoms with Crippen LogP contribution in [0, 0.1) is 0 Å². The Morgan fingerprint density at radius 1 is 1.38 bits per heavy atom. The Bertz CT molecular complexity index is 805. The second-order valence-corrected chi connectivity index (χ2v) is 6.67. The highest BCUT2D eigenvalue weighted by Crippen LogP contribution is 2.29. The smallest absolute Gasteiger partial charge is 0.345 e. The number of fused-ring (bicyclic) bond motifs is 1. The van der Waals surface area contributed by atoms with Gasteiger partial charge in [-0.05, 0) is 30.2 Å². The molecule has 0 fully saturated rings. The molecule has 6 heteroatoms. The van der Waals surface area contributed by atoms with Crippen LogP contribution < -0.4 is 0 Å². The van der Waals surface area contributed by atoms with E-state index in [-0.39, 0.29) is 0 Å². The summed E-state index contributed by atoms with van der Waals surface area (Å²) < 4.78 is 2.93. The molecule has 3 rings (SSSR count). The zero-order chi connectivity index (χ0) is 15.0. The van der Waals surface area contributed by atoms with Gasteiger partial charge in [-0.3, -0.25) is 4.68 Å². The van der Waals surface area contributed by atoms with Crippen molar-refractivity contribution in [3.8, 4) is 0 Å². The molecule has 3 aromatic rings. The van der Waals surface area contributed by atoms with Crippen molar-refractivity contribution in [1.29, 1.82) is 0 Å². The molecule has 21 heavy (non-hydrogen) atoms. The molecule has 4 nitrogen and oxygen atoms in total. The molecular formula is C15H13BrN2O2S. The van der Waals surface area contributed by atoms with Gasteiger partial charge in [0.1, 0.15) is 9.71 Å². The van der Waals surface area contributed by atoms with E-state index < -0.39 is 5.97 Å². The van der Waals surface area contributed by atoms with E-state index in [4.69, 9.17) is 5.11 Å². The number of aromatic nitrogens is 2. The van der Waals surface area contributed by atoms with Crippen LogP contribution >= 0.6 is 27.3 Å². The molecule has 1 aromatic carbocycles. The first-order valence-electron chi connectivity index (χ1n) is 6.55. The number of halogens is 1. The maximum absolute atomic E-state index is 11.2. The lowest BCUT2D eigenvalue weighted by Crippen LogP contribution is -2.01. The van der Waals surface area contributed by atoms with E-state index in [9.17, 15) is 4.79 Å². The van der Waals surface area contributed by atoms with Crippen molar-refractivity contribution >= 4 is 43.5 Å². The summed E-state index contributed by atoms with van der Waals surface area (Å²) in [4.78, 5) is 12.4. The first kappa shape index (κ1) is 14.3. The minimum atomic E-state index is -0.881. The van der Waals surface area contributed by atoms with Gasteiger partial charge < -0.3 is 5.11 Å². The largest absolute Gasteiger partial charge is 0.477 e. The standard InChI is InChI=1S/C15H13BrN2O2S/c1-2-12-11-7-13(15(19)20)21-14(11)18(17-12)8-9-3-5-10(16)6-4-9/h3-7H,2,8H2,1H3,(H,19,20). The van der Waals surface area contributed by atoms with Gasteiger partial charge in [0.05, 0.1) is 12.2 Å². The van der Waals surface area contributed by atoms with Crippen LogP contribution in [-0.2, 0) is 13.0 Å². The fraction of sp³-hybridized carbons (Fsp3) is 0.200. The maximum atomic E-state index is 11.2. The van der Waals surface area contributed by atoms with Gasteiger partial charge in [0, 0.05) is 9.86 Å². The third-order valence-electron chi connectivity index (χ3n) is 3.29. The summed E-state index contributed by atoms with van der Waals surface area (Å²) in [6.07, 6.45) is 0.791. The van der Waals surface area contributed by atoms with Crippen LogP contribution in [0.4, 0.5) is 0 Å². The summed E-state index contributed by atoms with van der Waals surface area (Å²) in [7, 11) is 0. The van der Waals surface area contributed by atoms with Crippen LogP contribution in [0.2, 0.25) is 0 Å². The third kappa shape index (κ3) is 2.73. The summed E-state index contributed by atoms with van der Waals surface area (Å²) in [5, 5.41) is 14.7. The van der Waals surface area contributed by atoms with Crippen LogP contribution in [-0.4, -0.2) is 20.9 Å². The Labute approximate surface area is 134 Å². The number of aromatic carboxylic acids is 1. The fourth-order valence-corrected chi connectivity index (χ4v) is 3.50. The molecule has 108 valence electrons. The van der Waals surface area contributed by atoms with Crippen LogP contribution in [0.3, 0.4) is 0 Å². The number of aryl methyl sites for hydroxylation is 1. The predicted molar refractivity (Wildman–Crippen MR) is 87.2 cm³/mol. The summed E-state index contributed by atoms with van der Waals surface area (Å²) in [6.45, 7) is 2.67. The van der Waals surface area contributed by atoms with E-state index in [1.807, 2.05) is 35.9 Å². The highest BCUT2D eigenvalue weighted by Gasteiger charge is 2.16. The van der Waals surface area contributed by atoms with Crippen molar-refractivity contribution < 1.29 is 9.90 Å². The molecular weight excluding hydrogens is 352 g/mol. The second kappa shape index (κ2) is 5.61. The third-order valence-corrected chi connectivity index (χ3v) is 4.96. The first-order valence-corrected chi connectivity index (χ1v) is 8.16. The Morgan fingerprint density at radius 2 is 2.10 bits per heavy atom. The van der Waals surface area contributed by atoms with E-state index >= 15 is 0 Å². The molecule has 1 N–H and O–H groups in total. The minimum Gasteiger partial charge on any atom is -0.477 e. The van der Waals surface area contributed by atoms with E-state index in [0.29, 0.717) is 11.4 Å². The SMILES string of the molecule is CCc1nn(Cc2ccc(Br)cc2)c2sc(C(=O)O)cc12. The highest BCUT2D eigenvalue weighted by atomic mass is 79.9. The van der Waals surface area contributed by atoms with Gasteiger partial charge in [-0.2, -0.15) is 5.10 Å². The minimum absolute atomic E-state index is 0.363. The van der Waals surface area contributed by atoms with Crippen molar-refractivity contribution in [3.63, 3.8) is 0 Å². The summed E-state index contributed by atoms with van der Waals surface area (Å²) >= 11 is 4.70. The number of hydrogen-bond donors (Lipinski definition) is 1. The molecule has 0 aliphatic rings. The number of nitrogens with zero attached hydrogens (tertiary/aromatic N) is 2. The van der Waals surface area contributed by atoms with Crippen LogP contribution in [0.5, 0.6) is 0 Å². The quantitative estimate of drug-likeness (QED) is 0.755. The molecule has 2 heterocycles. The van der Waals surface area contributed by atoms with Crippen molar-refractivity contribution in [2.45, 2.75) is 19.9 Å². The molecule has 0 bridgehead atoms. The molecule has 0 spiro atoms. The summed E-state index contributed by atoms with van der Waals surface area (Å²) in [5.74, 6) is -0.881. The van der Waals surface area contributed by atoms with Crippen molar-refractivity contribution in [3.05, 3.63) is 50.9 Å². The van der Waals surface area contributed by atoms with Gasteiger partial charge in [-0.25, -0.2) is 4.79 Å². The predicted octanol–water partition coefficient (Wildman–Crippen LogP) is 4.17. The average molecular weight is 365 g/mol. The lowest BCUT2D eigenvalue weighted by Gasteiger charge is -2.03. The molecule has 2 aromatic heterocycles. The molecule has 0 aliphatic heterocycles. The van der Waals surface area contributed by atoms with Gasteiger partial charge in [-0.15, -0.1) is 11.3 Å². The van der Waals surface area contributed by atoms with Crippen molar-refractivity contribution in [1.82, 2.24) is 9.78 Å². The maximum Gasteiger partial charge on any atom is 0.345 e. The average Bonchev–Trinajstić information content (AvgIpc) is 3.02. The zero-order valence-electron chi connectivity index (χ0n) is 11.3. The van der Waals surface area contributed by atoms with E-state index in [0.717, 1.165) is 32.4 Å². The highest BCUT2D eigenvalue weighted by molar-refractivity contribution is 9.10. The molecule has 0 amide bonds. The summed E-state index contributed by atoms with van der Waals surface area (Å²) in [5.41, 5.74) is 2.08. The Hall–Kier alpha value is -1.66. The monoisotopic (exact) mass is 364 g/mol. The molecule has 0 saturated heterocycles. The Morgan fingerprint density at radius 3 is 2.71 bits per heavy atom. The van der Waals surface area contributed by atoms with Crippen molar-refractivity contribution in [2.24, 2.45) is 0 Å².